The van der Waals surface area contributed by atoms with Crippen LogP contribution in [0.15, 0.2) is 48.5 Å². The van der Waals surface area contributed by atoms with Crippen LogP contribution in [-0.4, -0.2) is 11.8 Å². The molecule has 0 radical (unpaired) electrons. The maximum Gasteiger partial charge on any atom is 0.255 e. The number of fused-ring (bicyclic) bond motifs is 4. The third kappa shape index (κ3) is 1.84. The van der Waals surface area contributed by atoms with Crippen LogP contribution in [0.1, 0.15) is 20.7 Å². The molecule has 2 aliphatic rings. The van der Waals surface area contributed by atoms with Gasteiger partial charge in [-0.1, -0.05) is 6.07 Å². The molecule has 4 heteroatoms. The Morgan fingerprint density at radius 3 is 1.56 bits per heavy atom. The Labute approximate surface area is 104 Å². The van der Waals surface area contributed by atoms with Crippen LogP contribution < -0.4 is 10.6 Å². The molecule has 0 atom stereocenters. The van der Waals surface area contributed by atoms with E-state index < -0.39 is 0 Å². The Morgan fingerprint density at radius 2 is 1.11 bits per heavy atom. The van der Waals surface area contributed by atoms with Crippen LogP contribution in [-0.2, 0) is 0 Å². The summed E-state index contributed by atoms with van der Waals surface area (Å²) in [5, 5.41) is 5.56. The predicted octanol–water partition coefficient (Wildman–Crippen LogP) is 2.50. The maximum atomic E-state index is 11.9. The third-order valence-electron chi connectivity index (χ3n) is 2.79. The molecule has 2 N–H and O–H groups in total. The van der Waals surface area contributed by atoms with Gasteiger partial charge in [0, 0.05) is 22.5 Å². The van der Waals surface area contributed by atoms with E-state index in [0.29, 0.717) is 22.5 Å². The van der Waals surface area contributed by atoms with Crippen LogP contribution in [0.5, 0.6) is 0 Å². The molecule has 0 spiro atoms. The SMILES string of the molecule is O=C1Nc2cccc(c2)NC(=O)c2ccc1cc2. The summed E-state index contributed by atoms with van der Waals surface area (Å²) in [7, 11) is 0. The summed E-state index contributed by atoms with van der Waals surface area (Å²) in [5.74, 6) is -0.374. The molecular formula is C14H10N2O2. The monoisotopic (exact) mass is 238 g/mol. The van der Waals surface area contributed by atoms with Crippen molar-refractivity contribution in [3.8, 4) is 0 Å². The average molecular weight is 238 g/mol. The summed E-state index contributed by atoms with van der Waals surface area (Å²) in [6, 6.07) is 13.6. The number of amides is 2. The predicted molar refractivity (Wildman–Crippen MR) is 68.8 cm³/mol. The van der Waals surface area contributed by atoms with Crippen molar-refractivity contribution in [1.82, 2.24) is 0 Å². The lowest BCUT2D eigenvalue weighted by atomic mass is 10.1. The van der Waals surface area contributed by atoms with E-state index in [1.165, 1.54) is 0 Å². The molecule has 4 nitrogen and oxygen atoms in total. The lowest BCUT2D eigenvalue weighted by Gasteiger charge is -2.06. The van der Waals surface area contributed by atoms with E-state index in [2.05, 4.69) is 10.6 Å². The van der Waals surface area contributed by atoms with Crippen molar-refractivity contribution < 1.29 is 9.59 Å². The first-order valence-electron chi connectivity index (χ1n) is 5.55. The average Bonchev–Trinajstić information content (AvgIpc) is 2.40. The highest BCUT2D eigenvalue weighted by Gasteiger charge is 2.12. The lowest BCUT2D eigenvalue weighted by molar-refractivity contribution is 0.101. The van der Waals surface area contributed by atoms with E-state index in [0.717, 1.165) is 0 Å². The largest absolute Gasteiger partial charge is 0.322 e. The molecular weight excluding hydrogens is 228 g/mol. The van der Waals surface area contributed by atoms with Crippen LogP contribution in [0.2, 0.25) is 0 Å². The van der Waals surface area contributed by atoms with Gasteiger partial charge in [-0.05, 0) is 42.5 Å². The van der Waals surface area contributed by atoms with Gasteiger partial charge >= 0.3 is 0 Å². The zero-order valence-electron chi connectivity index (χ0n) is 9.44. The molecule has 0 fully saturated rings. The van der Waals surface area contributed by atoms with Crippen LogP contribution in [0.3, 0.4) is 0 Å². The molecule has 0 saturated heterocycles. The minimum Gasteiger partial charge on any atom is -0.322 e. The maximum absolute atomic E-state index is 11.9. The summed E-state index contributed by atoms with van der Waals surface area (Å²) in [6.07, 6.45) is 0. The highest BCUT2D eigenvalue weighted by molar-refractivity contribution is 6.08. The summed E-state index contributed by atoms with van der Waals surface area (Å²) < 4.78 is 0. The molecule has 4 rings (SSSR count). The molecule has 0 aliphatic carbocycles. The second-order valence-corrected chi connectivity index (χ2v) is 4.07. The number of hydrogen-bond donors (Lipinski definition) is 2. The van der Waals surface area contributed by atoms with Crippen LogP contribution in [0.4, 0.5) is 11.4 Å². The first-order valence-corrected chi connectivity index (χ1v) is 5.55. The van der Waals surface area contributed by atoms with Gasteiger partial charge in [-0.25, -0.2) is 0 Å². The van der Waals surface area contributed by atoms with Gasteiger partial charge in [-0.2, -0.15) is 0 Å². The second-order valence-electron chi connectivity index (χ2n) is 4.07. The van der Waals surface area contributed by atoms with Gasteiger partial charge in [-0.15, -0.1) is 0 Å². The van der Waals surface area contributed by atoms with Gasteiger partial charge in [-0.3, -0.25) is 9.59 Å². The zero-order valence-corrected chi connectivity index (χ0v) is 9.44. The van der Waals surface area contributed by atoms with Crippen LogP contribution in [0.25, 0.3) is 0 Å². The number of anilines is 2. The Bertz CT molecular complexity index is 580. The number of carbonyl (C=O) groups excluding carboxylic acids is 2. The van der Waals surface area contributed by atoms with Crippen molar-refractivity contribution >= 4 is 23.2 Å². The van der Waals surface area contributed by atoms with Gasteiger partial charge in [0.2, 0.25) is 0 Å². The molecule has 0 aromatic heterocycles. The molecule has 2 aromatic rings. The van der Waals surface area contributed by atoms with Crippen LogP contribution >= 0.6 is 0 Å². The van der Waals surface area contributed by atoms with Gasteiger partial charge in [0.05, 0.1) is 0 Å². The highest BCUT2D eigenvalue weighted by atomic mass is 16.2. The fourth-order valence-electron chi connectivity index (χ4n) is 1.85. The van der Waals surface area contributed by atoms with E-state index >= 15 is 0 Å². The van der Waals surface area contributed by atoms with E-state index in [9.17, 15) is 9.59 Å². The van der Waals surface area contributed by atoms with E-state index in [4.69, 9.17) is 0 Å². The van der Waals surface area contributed by atoms with Gasteiger partial charge in [0.15, 0.2) is 0 Å². The van der Waals surface area contributed by atoms with Crippen molar-refractivity contribution in [3.63, 3.8) is 0 Å². The fourth-order valence-corrected chi connectivity index (χ4v) is 1.85. The lowest BCUT2D eigenvalue weighted by Crippen LogP contribution is -2.11. The second kappa shape index (κ2) is 4.00. The quantitative estimate of drug-likeness (QED) is 0.740. The molecule has 0 unspecified atom stereocenters. The number of carbonyl (C=O) groups is 2. The normalized spacial score (nSPS) is 13.6. The van der Waals surface area contributed by atoms with Gasteiger partial charge < -0.3 is 10.6 Å². The minimum absolute atomic E-state index is 0.187. The fraction of sp³-hybridized carbons (Fsp3) is 0. The van der Waals surface area contributed by atoms with Crippen molar-refractivity contribution in [3.05, 3.63) is 59.7 Å². The van der Waals surface area contributed by atoms with Crippen molar-refractivity contribution in [1.29, 1.82) is 0 Å². The molecule has 2 aromatic carbocycles. The standard InChI is InChI=1S/C14H10N2O2/c17-13-9-4-6-10(7-5-9)14(18)16-12-3-1-2-11(8-12)15-13/h1-8H,(H,15,17)(H,16,18). The molecule has 18 heavy (non-hydrogen) atoms. The first kappa shape index (κ1) is 10.5. The third-order valence-corrected chi connectivity index (χ3v) is 2.79. The van der Waals surface area contributed by atoms with Crippen molar-refractivity contribution in [2.75, 3.05) is 10.6 Å². The van der Waals surface area contributed by atoms with Gasteiger partial charge in [0.25, 0.3) is 11.8 Å². The topological polar surface area (TPSA) is 58.2 Å². The summed E-state index contributed by atoms with van der Waals surface area (Å²) in [4.78, 5) is 23.8. The molecule has 2 aliphatic heterocycles. The van der Waals surface area contributed by atoms with E-state index in [-0.39, 0.29) is 11.8 Å². The van der Waals surface area contributed by atoms with Crippen molar-refractivity contribution in [2.45, 2.75) is 0 Å². The highest BCUT2D eigenvalue weighted by Crippen LogP contribution is 2.18. The zero-order chi connectivity index (χ0) is 12.5. The number of hydrogen-bond acceptors (Lipinski definition) is 2. The number of nitrogens with one attached hydrogen (secondary N) is 2. The Kier molecular flexibility index (Phi) is 2.34. The van der Waals surface area contributed by atoms with Crippen molar-refractivity contribution in [2.24, 2.45) is 0 Å². The summed E-state index contributed by atoms with van der Waals surface area (Å²) in [5.41, 5.74) is 2.36. The molecule has 88 valence electrons. The number of benzene rings is 2. The minimum atomic E-state index is -0.187. The Morgan fingerprint density at radius 1 is 0.667 bits per heavy atom. The Balaban J connectivity index is 2.14. The first-order chi connectivity index (χ1) is 8.72. The van der Waals surface area contributed by atoms with E-state index in [1.54, 1.807) is 48.5 Å². The molecule has 4 bridgehead atoms. The summed E-state index contributed by atoms with van der Waals surface area (Å²) >= 11 is 0. The van der Waals surface area contributed by atoms with Gasteiger partial charge in [0.1, 0.15) is 0 Å². The Hall–Kier alpha value is -2.62. The van der Waals surface area contributed by atoms with E-state index in [1.807, 2.05) is 0 Å². The molecule has 2 amide bonds. The molecule has 0 saturated carbocycles. The molecule has 2 heterocycles. The smallest absolute Gasteiger partial charge is 0.255 e. The van der Waals surface area contributed by atoms with Crippen LogP contribution in [0, 0.1) is 0 Å². The summed E-state index contributed by atoms with van der Waals surface area (Å²) in [6.45, 7) is 0. The number of rotatable bonds is 0.